The fourth-order valence-electron chi connectivity index (χ4n) is 2.11. The lowest BCUT2D eigenvalue weighted by molar-refractivity contribution is -0.137. The SMILES string of the molecule is CC1(CCOc2cccc(C(F)(F)F)c2)C=C(N)NC1. The van der Waals surface area contributed by atoms with Crippen LogP contribution in [-0.4, -0.2) is 13.2 Å². The third-order valence-corrected chi connectivity index (χ3v) is 3.30. The van der Waals surface area contributed by atoms with E-state index in [1.165, 1.54) is 12.1 Å². The Labute approximate surface area is 115 Å². The molecule has 110 valence electrons. The van der Waals surface area contributed by atoms with Crippen LogP contribution < -0.4 is 15.8 Å². The van der Waals surface area contributed by atoms with Crippen LogP contribution >= 0.6 is 0 Å². The number of nitrogens with two attached hydrogens (primary N) is 1. The molecule has 6 heteroatoms. The van der Waals surface area contributed by atoms with Gasteiger partial charge in [-0.25, -0.2) is 0 Å². The van der Waals surface area contributed by atoms with Crippen LogP contribution in [0.5, 0.6) is 5.75 Å². The van der Waals surface area contributed by atoms with Gasteiger partial charge in [0.25, 0.3) is 0 Å². The van der Waals surface area contributed by atoms with Crippen molar-refractivity contribution in [1.82, 2.24) is 5.32 Å². The minimum Gasteiger partial charge on any atom is -0.494 e. The Hall–Kier alpha value is -1.85. The second-order valence-corrected chi connectivity index (χ2v) is 5.23. The monoisotopic (exact) mass is 286 g/mol. The second-order valence-electron chi connectivity index (χ2n) is 5.23. The van der Waals surface area contributed by atoms with Crippen molar-refractivity contribution in [3.05, 3.63) is 41.7 Å². The van der Waals surface area contributed by atoms with Gasteiger partial charge < -0.3 is 15.8 Å². The Morgan fingerprint density at radius 1 is 1.40 bits per heavy atom. The lowest BCUT2D eigenvalue weighted by atomic mass is 9.89. The lowest BCUT2D eigenvalue weighted by Gasteiger charge is -2.20. The van der Waals surface area contributed by atoms with Crippen molar-refractivity contribution >= 4 is 0 Å². The van der Waals surface area contributed by atoms with Gasteiger partial charge in [-0.2, -0.15) is 13.2 Å². The van der Waals surface area contributed by atoms with Gasteiger partial charge >= 0.3 is 6.18 Å². The van der Waals surface area contributed by atoms with E-state index in [4.69, 9.17) is 10.5 Å². The molecule has 0 radical (unpaired) electrons. The molecule has 1 atom stereocenters. The zero-order valence-corrected chi connectivity index (χ0v) is 11.1. The number of hydrogen-bond acceptors (Lipinski definition) is 3. The first-order valence-electron chi connectivity index (χ1n) is 6.31. The predicted octanol–water partition coefficient (Wildman–Crippen LogP) is 2.88. The molecule has 0 amide bonds. The Morgan fingerprint density at radius 3 is 2.75 bits per heavy atom. The van der Waals surface area contributed by atoms with Crippen LogP contribution in [0.1, 0.15) is 18.9 Å². The third-order valence-electron chi connectivity index (χ3n) is 3.30. The number of hydrogen-bond donors (Lipinski definition) is 2. The van der Waals surface area contributed by atoms with E-state index in [2.05, 4.69) is 5.32 Å². The molecular formula is C14H17F3N2O. The van der Waals surface area contributed by atoms with Gasteiger partial charge in [0.2, 0.25) is 0 Å². The molecule has 3 N–H and O–H groups in total. The largest absolute Gasteiger partial charge is 0.494 e. The van der Waals surface area contributed by atoms with Gasteiger partial charge in [0, 0.05) is 12.0 Å². The van der Waals surface area contributed by atoms with Gasteiger partial charge in [-0.1, -0.05) is 13.0 Å². The molecular weight excluding hydrogens is 269 g/mol. The molecule has 1 unspecified atom stereocenters. The van der Waals surface area contributed by atoms with Gasteiger partial charge in [-0.15, -0.1) is 0 Å². The van der Waals surface area contributed by atoms with Crippen LogP contribution in [0, 0.1) is 5.41 Å². The molecule has 1 heterocycles. The fourth-order valence-corrected chi connectivity index (χ4v) is 2.11. The van der Waals surface area contributed by atoms with Gasteiger partial charge in [0.05, 0.1) is 18.0 Å². The van der Waals surface area contributed by atoms with Crippen molar-refractivity contribution < 1.29 is 17.9 Å². The maximum Gasteiger partial charge on any atom is 0.416 e. The summed E-state index contributed by atoms with van der Waals surface area (Å²) in [5.41, 5.74) is 4.82. The van der Waals surface area contributed by atoms with Gasteiger partial charge in [-0.05, 0) is 30.7 Å². The highest BCUT2D eigenvalue weighted by Gasteiger charge is 2.31. The number of halogens is 3. The fraction of sp³-hybridized carbons (Fsp3) is 0.429. The molecule has 0 saturated carbocycles. The summed E-state index contributed by atoms with van der Waals surface area (Å²) >= 11 is 0. The van der Waals surface area contributed by atoms with E-state index < -0.39 is 11.7 Å². The summed E-state index contributed by atoms with van der Waals surface area (Å²) in [6.07, 6.45) is -1.75. The number of benzene rings is 1. The Bertz CT molecular complexity index is 513. The lowest BCUT2D eigenvalue weighted by Crippen LogP contribution is -2.24. The second kappa shape index (κ2) is 5.26. The maximum absolute atomic E-state index is 12.6. The number of rotatable bonds is 4. The van der Waals surface area contributed by atoms with Gasteiger partial charge in [-0.3, -0.25) is 0 Å². The average Bonchev–Trinajstić information content (AvgIpc) is 2.69. The highest BCUT2D eigenvalue weighted by molar-refractivity contribution is 5.30. The Kier molecular flexibility index (Phi) is 3.83. The Balaban J connectivity index is 1.92. The highest BCUT2D eigenvalue weighted by atomic mass is 19.4. The molecule has 0 spiro atoms. The normalized spacial score (nSPS) is 22.3. The van der Waals surface area contributed by atoms with Crippen molar-refractivity contribution in [3.8, 4) is 5.75 Å². The summed E-state index contributed by atoms with van der Waals surface area (Å²) in [5, 5.41) is 3.02. The first-order valence-corrected chi connectivity index (χ1v) is 6.31. The van der Waals surface area contributed by atoms with E-state index in [1.807, 2.05) is 13.0 Å². The molecule has 0 bridgehead atoms. The molecule has 20 heavy (non-hydrogen) atoms. The van der Waals surface area contributed by atoms with Crippen LogP contribution in [-0.2, 0) is 6.18 Å². The van der Waals surface area contributed by atoms with Crippen LogP contribution in [0.25, 0.3) is 0 Å². The molecule has 2 rings (SSSR count). The van der Waals surface area contributed by atoms with Crippen molar-refractivity contribution in [2.45, 2.75) is 19.5 Å². The summed E-state index contributed by atoms with van der Waals surface area (Å²) < 4.78 is 43.1. The van der Waals surface area contributed by atoms with Crippen LogP contribution in [0.15, 0.2) is 36.2 Å². The zero-order chi connectivity index (χ0) is 14.8. The maximum atomic E-state index is 12.6. The molecule has 1 aliphatic rings. The molecule has 1 aromatic carbocycles. The molecule has 1 aromatic rings. The van der Waals surface area contributed by atoms with Crippen molar-refractivity contribution in [1.29, 1.82) is 0 Å². The van der Waals surface area contributed by atoms with Crippen LogP contribution in [0.2, 0.25) is 0 Å². The summed E-state index contributed by atoms with van der Waals surface area (Å²) in [5.74, 6) is 0.859. The van der Waals surface area contributed by atoms with E-state index >= 15 is 0 Å². The Morgan fingerprint density at radius 2 is 2.15 bits per heavy atom. The summed E-state index contributed by atoms with van der Waals surface area (Å²) in [6.45, 7) is 3.07. The van der Waals surface area contributed by atoms with Crippen molar-refractivity contribution in [2.75, 3.05) is 13.2 Å². The summed E-state index contributed by atoms with van der Waals surface area (Å²) in [6, 6.07) is 4.90. The van der Waals surface area contributed by atoms with Crippen LogP contribution in [0.4, 0.5) is 13.2 Å². The van der Waals surface area contributed by atoms with Crippen molar-refractivity contribution in [3.63, 3.8) is 0 Å². The quantitative estimate of drug-likeness (QED) is 0.894. The first kappa shape index (κ1) is 14.6. The molecule has 0 fully saturated rings. The molecule has 0 aromatic heterocycles. The van der Waals surface area contributed by atoms with E-state index in [9.17, 15) is 13.2 Å². The minimum atomic E-state index is -4.35. The van der Waals surface area contributed by atoms with Gasteiger partial charge in [0.15, 0.2) is 0 Å². The highest BCUT2D eigenvalue weighted by Crippen LogP contribution is 2.32. The number of alkyl halides is 3. The standard InChI is InChI=1S/C14H17F3N2O/c1-13(8-12(18)19-9-13)5-6-20-11-4-2-3-10(7-11)14(15,16)17/h2-4,7-8,19H,5-6,9,18H2,1H3. The smallest absolute Gasteiger partial charge is 0.416 e. The van der Waals surface area contributed by atoms with E-state index in [0.29, 0.717) is 25.4 Å². The first-order chi connectivity index (χ1) is 9.28. The van der Waals surface area contributed by atoms with E-state index in [1.54, 1.807) is 0 Å². The summed E-state index contributed by atoms with van der Waals surface area (Å²) in [4.78, 5) is 0. The zero-order valence-electron chi connectivity index (χ0n) is 11.1. The van der Waals surface area contributed by atoms with E-state index in [-0.39, 0.29) is 11.2 Å². The van der Waals surface area contributed by atoms with E-state index in [0.717, 1.165) is 12.1 Å². The predicted molar refractivity (Wildman–Crippen MR) is 69.9 cm³/mol. The third kappa shape index (κ3) is 3.59. The topological polar surface area (TPSA) is 47.3 Å². The van der Waals surface area contributed by atoms with Crippen molar-refractivity contribution in [2.24, 2.45) is 11.1 Å². The molecule has 1 aliphatic heterocycles. The summed E-state index contributed by atoms with van der Waals surface area (Å²) in [7, 11) is 0. The van der Waals surface area contributed by atoms with Crippen LogP contribution in [0.3, 0.4) is 0 Å². The average molecular weight is 286 g/mol. The van der Waals surface area contributed by atoms with Gasteiger partial charge in [0.1, 0.15) is 5.75 Å². The molecule has 0 saturated heterocycles. The molecule has 0 aliphatic carbocycles. The molecule has 3 nitrogen and oxygen atoms in total. The minimum absolute atomic E-state index is 0.119. The number of ether oxygens (including phenoxy) is 1. The number of nitrogens with one attached hydrogen (secondary N) is 1.